The van der Waals surface area contributed by atoms with E-state index in [-0.39, 0.29) is 17.6 Å². The van der Waals surface area contributed by atoms with Crippen LogP contribution in [0.3, 0.4) is 0 Å². The highest BCUT2D eigenvalue weighted by Gasteiger charge is 2.35. The lowest BCUT2D eigenvalue weighted by molar-refractivity contribution is -0.00788. The summed E-state index contributed by atoms with van der Waals surface area (Å²) in [6.45, 7) is 6.98. The molecule has 0 unspecified atom stereocenters. The first-order valence-electron chi connectivity index (χ1n) is 9.20. The minimum Gasteiger partial charge on any atom is -0.493 e. The van der Waals surface area contributed by atoms with E-state index in [0.29, 0.717) is 31.4 Å². The van der Waals surface area contributed by atoms with E-state index in [0.717, 1.165) is 18.4 Å². The van der Waals surface area contributed by atoms with Gasteiger partial charge in [0.05, 0.1) is 19.3 Å². The summed E-state index contributed by atoms with van der Waals surface area (Å²) < 4.78 is 30.1. The zero-order valence-corrected chi connectivity index (χ0v) is 16.2. The van der Waals surface area contributed by atoms with Crippen molar-refractivity contribution >= 4 is 12.1 Å². The first kappa shape index (κ1) is 19.5. The molecule has 1 saturated carbocycles. The standard InChI is InChI=1S/C20H26FNO5/c1-20(2,3)27-19(24)22-9-12(10-22)11-26-17-8-16(21)15(18(23)25-4)7-14(17)13-5-6-13/h7-8,12-13H,5-6,9-11H2,1-4H3. The fourth-order valence-electron chi connectivity index (χ4n) is 3.03. The number of esters is 1. The van der Waals surface area contributed by atoms with Gasteiger partial charge in [0.15, 0.2) is 0 Å². The van der Waals surface area contributed by atoms with Crippen molar-refractivity contribution in [1.82, 2.24) is 4.90 Å². The van der Waals surface area contributed by atoms with Crippen LogP contribution in [0.25, 0.3) is 0 Å². The number of carbonyl (C=O) groups excluding carboxylic acids is 2. The molecule has 0 N–H and O–H groups in total. The van der Waals surface area contributed by atoms with Gasteiger partial charge in [-0.15, -0.1) is 0 Å². The fourth-order valence-corrected chi connectivity index (χ4v) is 3.03. The van der Waals surface area contributed by atoms with Crippen molar-refractivity contribution in [2.75, 3.05) is 26.8 Å². The maximum Gasteiger partial charge on any atom is 0.410 e. The minimum atomic E-state index is -0.687. The second kappa shape index (κ2) is 7.37. The first-order chi connectivity index (χ1) is 12.7. The number of nitrogens with zero attached hydrogens (tertiary/aromatic N) is 1. The second-order valence-electron chi connectivity index (χ2n) is 8.20. The van der Waals surface area contributed by atoms with E-state index in [1.807, 2.05) is 20.8 Å². The normalized spacial score (nSPS) is 17.3. The molecule has 1 saturated heterocycles. The van der Waals surface area contributed by atoms with Gasteiger partial charge in [0, 0.05) is 25.1 Å². The van der Waals surface area contributed by atoms with Crippen LogP contribution in [0, 0.1) is 11.7 Å². The quantitative estimate of drug-likeness (QED) is 0.730. The van der Waals surface area contributed by atoms with Crippen molar-refractivity contribution in [2.24, 2.45) is 5.92 Å². The summed E-state index contributed by atoms with van der Waals surface area (Å²) in [5.41, 5.74) is 0.267. The highest BCUT2D eigenvalue weighted by molar-refractivity contribution is 5.90. The Morgan fingerprint density at radius 1 is 1.22 bits per heavy atom. The Balaban J connectivity index is 1.58. The van der Waals surface area contributed by atoms with Crippen molar-refractivity contribution in [3.8, 4) is 5.75 Å². The van der Waals surface area contributed by atoms with Crippen molar-refractivity contribution in [3.63, 3.8) is 0 Å². The van der Waals surface area contributed by atoms with Gasteiger partial charge in [-0.3, -0.25) is 0 Å². The van der Waals surface area contributed by atoms with Crippen molar-refractivity contribution in [2.45, 2.75) is 45.1 Å². The van der Waals surface area contributed by atoms with Gasteiger partial charge in [-0.25, -0.2) is 14.0 Å². The van der Waals surface area contributed by atoms with E-state index in [2.05, 4.69) is 4.74 Å². The highest BCUT2D eigenvalue weighted by atomic mass is 19.1. The molecule has 27 heavy (non-hydrogen) atoms. The van der Waals surface area contributed by atoms with E-state index in [1.165, 1.54) is 13.2 Å². The summed E-state index contributed by atoms with van der Waals surface area (Å²) in [5.74, 6) is -0.395. The molecule has 3 rings (SSSR count). The van der Waals surface area contributed by atoms with E-state index in [4.69, 9.17) is 9.47 Å². The van der Waals surface area contributed by atoms with Crippen LogP contribution in [-0.2, 0) is 9.47 Å². The summed E-state index contributed by atoms with van der Waals surface area (Å²) in [7, 11) is 1.23. The second-order valence-corrected chi connectivity index (χ2v) is 8.20. The van der Waals surface area contributed by atoms with E-state index < -0.39 is 17.4 Å². The third-order valence-electron chi connectivity index (χ3n) is 4.61. The Bertz CT molecular complexity index is 733. The number of likely N-dealkylation sites (tertiary alicyclic amines) is 1. The largest absolute Gasteiger partial charge is 0.493 e. The molecule has 148 valence electrons. The molecule has 6 nitrogen and oxygen atoms in total. The van der Waals surface area contributed by atoms with Crippen LogP contribution in [0.15, 0.2) is 12.1 Å². The summed E-state index contributed by atoms with van der Waals surface area (Å²) in [5, 5.41) is 0. The lowest BCUT2D eigenvalue weighted by Gasteiger charge is -2.39. The van der Waals surface area contributed by atoms with Gasteiger partial charge >= 0.3 is 12.1 Å². The Morgan fingerprint density at radius 3 is 2.44 bits per heavy atom. The van der Waals surface area contributed by atoms with Crippen molar-refractivity contribution < 1.29 is 28.2 Å². The van der Waals surface area contributed by atoms with Crippen LogP contribution in [-0.4, -0.2) is 49.4 Å². The Labute approximate surface area is 158 Å². The smallest absolute Gasteiger partial charge is 0.410 e. The molecule has 7 heteroatoms. The van der Waals surface area contributed by atoms with Crippen LogP contribution in [0.4, 0.5) is 9.18 Å². The van der Waals surface area contributed by atoms with Crippen LogP contribution in [0.2, 0.25) is 0 Å². The lowest BCUT2D eigenvalue weighted by atomic mass is 10.0. The number of rotatable bonds is 5. The third-order valence-corrected chi connectivity index (χ3v) is 4.61. The number of methoxy groups -OCH3 is 1. The topological polar surface area (TPSA) is 65.1 Å². The molecule has 2 fully saturated rings. The molecule has 1 aliphatic heterocycles. The molecular formula is C20H26FNO5. The van der Waals surface area contributed by atoms with E-state index in [1.54, 1.807) is 11.0 Å². The number of halogens is 1. The number of carbonyl (C=O) groups is 2. The zero-order valence-electron chi connectivity index (χ0n) is 16.2. The predicted octanol–water partition coefficient (Wildman–Crippen LogP) is 3.74. The maximum atomic E-state index is 14.2. The van der Waals surface area contributed by atoms with Crippen LogP contribution in [0.5, 0.6) is 5.75 Å². The molecule has 1 aromatic rings. The van der Waals surface area contributed by atoms with Crippen LogP contribution < -0.4 is 4.74 Å². The Kier molecular flexibility index (Phi) is 5.31. The Hall–Kier alpha value is -2.31. The van der Waals surface area contributed by atoms with E-state index >= 15 is 0 Å². The van der Waals surface area contributed by atoms with Gasteiger partial charge in [-0.2, -0.15) is 0 Å². The van der Waals surface area contributed by atoms with Crippen molar-refractivity contribution in [3.05, 3.63) is 29.1 Å². The molecule has 2 aliphatic rings. The molecule has 0 radical (unpaired) electrons. The van der Waals surface area contributed by atoms with Gasteiger partial charge in [-0.1, -0.05) is 0 Å². The number of hydrogen-bond acceptors (Lipinski definition) is 5. The minimum absolute atomic E-state index is 0.0634. The fraction of sp³-hybridized carbons (Fsp3) is 0.600. The van der Waals surface area contributed by atoms with Gasteiger partial charge in [-0.05, 0) is 51.2 Å². The molecule has 0 spiro atoms. The summed E-state index contributed by atoms with van der Waals surface area (Å²) in [4.78, 5) is 25.3. The number of hydrogen-bond donors (Lipinski definition) is 0. The monoisotopic (exact) mass is 379 g/mol. The van der Waals surface area contributed by atoms with Gasteiger partial charge in [0.1, 0.15) is 17.2 Å². The van der Waals surface area contributed by atoms with Crippen molar-refractivity contribution in [1.29, 1.82) is 0 Å². The van der Waals surface area contributed by atoms with Crippen LogP contribution in [0.1, 0.15) is 55.5 Å². The predicted molar refractivity (Wildman–Crippen MR) is 96.5 cm³/mol. The molecule has 0 aromatic heterocycles. The SMILES string of the molecule is COC(=O)c1cc(C2CC2)c(OCC2CN(C(=O)OC(C)(C)C)C2)cc1F. The molecule has 1 aromatic carbocycles. The van der Waals surface area contributed by atoms with Gasteiger partial charge in [0.2, 0.25) is 0 Å². The molecule has 0 bridgehead atoms. The summed E-state index contributed by atoms with van der Waals surface area (Å²) in [6.07, 6.45) is 1.67. The third kappa shape index (κ3) is 4.70. The molecular weight excluding hydrogens is 353 g/mol. The maximum absolute atomic E-state index is 14.2. The molecule has 1 amide bonds. The number of benzene rings is 1. The molecule has 1 aliphatic carbocycles. The summed E-state index contributed by atoms with van der Waals surface area (Å²) >= 11 is 0. The first-order valence-corrected chi connectivity index (χ1v) is 9.20. The average Bonchev–Trinajstić information content (AvgIpc) is 3.35. The lowest BCUT2D eigenvalue weighted by Crippen LogP contribution is -2.53. The van der Waals surface area contributed by atoms with Gasteiger partial charge < -0.3 is 19.1 Å². The van der Waals surface area contributed by atoms with E-state index in [9.17, 15) is 14.0 Å². The average molecular weight is 379 g/mol. The molecule has 0 atom stereocenters. The number of amides is 1. The van der Waals surface area contributed by atoms with Crippen LogP contribution >= 0.6 is 0 Å². The number of ether oxygens (including phenoxy) is 3. The Morgan fingerprint density at radius 2 is 1.89 bits per heavy atom. The van der Waals surface area contributed by atoms with Gasteiger partial charge in [0.25, 0.3) is 0 Å². The zero-order chi connectivity index (χ0) is 19.8. The summed E-state index contributed by atoms with van der Waals surface area (Å²) in [6, 6.07) is 2.81. The molecule has 1 heterocycles. The highest BCUT2D eigenvalue weighted by Crippen LogP contribution is 2.45.